The standard InChI is InChI=1S/C10H15N3OS/c1-3-4-11-9(14)7-13-8(2)10-12-5-6-15-10/h3,5-6,8,13H,1,4,7H2,2H3,(H,11,14). The molecule has 0 aliphatic carbocycles. The van der Waals surface area contributed by atoms with Gasteiger partial charge in [0.15, 0.2) is 0 Å². The van der Waals surface area contributed by atoms with Crippen molar-refractivity contribution in [2.45, 2.75) is 13.0 Å². The van der Waals surface area contributed by atoms with E-state index in [0.29, 0.717) is 13.1 Å². The molecule has 4 nitrogen and oxygen atoms in total. The molecule has 2 N–H and O–H groups in total. The first kappa shape index (κ1) is 11.9. The van der Waals surface area contributed by atoms with Gasteiger partial charge >= 0.3 is 0 Å². The lowest BCUT2D eigenvalue weighted by atomic mass is 10.3. The topological polar surface area (TPSA) is 54.0 Å². The van der Waals surface area contributed by atoms with Gasteiger partial charge in [-0.1, -0.05) is 6.08 Å². The Kier molecular flexibility index (Phi) is 5.00. The van der Waals surface area contributed by atoms with Crippen molar-refractivity contribution in [1.29, 1.82) is 0 Å². The Morgan fingerprint density at radius 1 is 1.80 bits per heavy atom. The van der Waals surface area contributed by atoms with Crippen molar-refractivity contribution in [3.8, 4) is 0 Å². The summed E-state index contributed by atoms with van der Waals surface area (Å²) in [6.07, 6.45) is 3.41. The molecule has 1 unspecified atom stereocenters. The third-order valence-corrected chi connectivity index (χ3v) is 2.79. The van der Waals surface area contributed by atoms with E-state index in [1.165, 1.54) is 0 Å². The summed E-state index contributed by atoms with van der Waals surface area (Å²) >= 11 is 1.58. The molecule has 0 aliphatic rings. The van der Waals surface area contributed by atoms with Crippen LogP contribution in [0.4, 0.5) is 0 Å². The second-order valence-electron chi connectivity index (χ2n) is 3.07. The normalized spacial score (nSPS) is 12.1. The maximum absolute atomic E-state index is 11.2. The first-order chi connectivity index (χ1) is 7.24. The van der Waals surface area contributed by atoms with Crippen molar-refractivity contribution >= 4 is 17.2 Å². The molecule has 0 radical (unpaired) electrons. The second kappa shape index (κ2) is 6.31. The molecule has 15 heavy (non-hydrogen) atoms. The van der Waals surface area contributed by atoms with Crippen LogP contribution in [0.15, 0.2) is 24.2 Å². The van der Waals surface area contributed by atoms with Gasteiger partial charge in [-0.2, -0.15) is 0 Å². The van der Waals surface area contributed by atoms with E-state index in [-0.39, 0.29) is 11.9 Å². The highest BCUT2D eigenvalue weighted by atomic mass is 32.1. The maximum Gasteiger partial charge on any atom is 0.234 e. The monoisotopic (exact) mass is 225 g/mol. The van der Waals surface area contributed by atoms with Crippen LogP contribution in [0.1, 0.15) is 18.0 Å². The third kappa shape index (κ3) is 4.22. The van der Waals surface area contributed by atoms with Crippen molar-refractivity contribution in [3.63, 3.8) is 0 Å². The number of amides is 1. The molecule has 0 aliphatic heterocycles. The van der Waals surface area contributed by atoms with Crippen LogP contribution in [0, 0.1) is 0 Å². The van der Waals surface area contributed by atoms with E-state index >= 15 is 0 Å². The quantitative estimate of drug-likeness (QED) is 0.713. The van der Waals surface area contributed by atoms with E-state index in [1.807, 2.05) is 12.3 Å². The Morgan fingerprint density at radius 3 is 3.20 bits per heavy atom. The van der Waals surface area contributed by atoms with Gasteiger partial charge in [0, 0.05) is 18.1 Å². The van der Waals surface area contributed by atoms with Gasteiger partial charge in [-0.25, -0.2) is 4.98 Å². The Balaban J connectivity index is 2.25. The van der Waals surface area contributed by atoms with Crippen molar-refractivity contribution in [2.24, 2.45) is 0 Å². The van der Waals surface area contributed by atoms with Crippen molar-refractivity contribution in [1.82, 2.24) is 15.6 Å². The molecule has 0 spiro atoms. The lowest BCUT2D eigenvalue weighted by molar-refractivity contribution is -0.120. The van der Waals surface area contributed by atoms with Crippen LogP contribution in [0.2, 0.25) is 0 Å². The van der Waals surface area contributed by atoms with Gasteiger partial charge in [0.25, 0.3) is 0 Å². The number of aromatic nitrogens is 1. The van der Waals surface area contributed by atoms with Gasteiger partial charge in [0.1, 0.15) is 5.01 Å². The Morgan fingerprint density at radius 2 is 2.60 bits per heavy atom. The predicted octanol–water partition coefficient (Wildman–Crippen LogP) is 1.10. The Hall–Kier alpha value is -1.20. The SMILES string of the molecule is C=CCNC(=O)CNC(C)c1nccs1. The molecule has 0 aromatic carbocycles. The van der Waals surface area contributed by atoms with Gasteiger partial charge < -0.3 is 5.32 Å². The highest BCUT2D eigenvalue weighted by Crippen LogP contribution is 2.13. The molecule has 0 fully saturated rings. The van der Waals surface area contributed by atoms with E-state index < -0.39 is 0 Å². The van der Waals surface area contributed by atoms with Crippen molar-refractivity contribution in [3.05, 3.63) is 29.2 Å². The summed E-state index contributed by atoms with van der Waals surface area (Å²) in [5.41, 5.74) is 0. The fourth-order valence-corrected chi connectivity index (χ4v) is 1.70. The van der Waals surface area contributed by atoms with Crippen molar-refractivity contribution in [2.75, 3.05) is 13.1 Å². The van der Waals surface area contributed by atoms with E-state index in [1.54, 1.807) is 23.6 Å². The first-order valence-corrected chi connectivity index (χ1v) is 5.62. The lowest BCUT2D eigenvalue weighted by Crippen LogP contribution is -2.35. The molecule has 82 valence electrons. The summed E-state index contributed by atoms with van der Waals surface area (Å²) < 4.78 is 0. The zero-order valence-corrected chi connectivity index (χ0v) is 9.51. The molecule has 1 rings (SSSR count). The minimum atomic E-state index is -0.0293. The summed E-state index contributed by atoms with van der Waals surface area (Å²) in [6, 6.07) is 0.111. The fraction of sp³-hybridized carbons (Fsp3) is 0.400. The lowest BCUT2D eigenvalue weighted by Gasteiger charge is -2.10. The molecule has 1 atom stereocenters. The third-order valence-electron chi connectivity index (χ3n) is 1.83. The number of hydrogen-bond acceptors (Lipinski definition) is 4. The number of carbonyl (C=O) groups excluding carboxylic acids is 1. The van der Waals surface area contributed by atoms with Gasteiger partial charge in [-0.05, 0) is 6.92 Å². The number of rotatable bonds is 6. The number of hydrogen-bond donors (Lipinski definition) is 2. The molecule has 0 bridgehead atoms. The van der Waals surface area contributed by atoms with Crippen LogP contribution in [-0.4, -0.2) is 24.0 Å². The zero-order valence-electron chi connectivity index (χ0n) is 8.69. The second-order valence-corrected chi connectivity index (χ2v) is 3.99. The molecule has 1 aromatic heterocycles. The number of carbonyl (C=O) groups is 1. The smallest absolute Gasteiger partial charge is 0.234 e. The van der Waals surface area contributed by atoms with Crippen molar-refractivity contribution < 1.29 is 4.79 Å². The molecule has 1 aromatic rings. The minimum Gasteiger partial charge on any atom is -0.352 e. The number of nitrogens with zero attached hydrogens (tertiary/aromatic N) is 1. The molecule has 5 heteroatoms. The van der Waals surface area contributed by atoms with Crippen LogP contribution < -0.4 is 10.6 Å². The minimum absolute atomic E-state index is 0.0293. The van der Waals surface area contributed by atoms with Crippen LogP contribution >= 0.6 is 11.3 Å². The Labute approximate surface area is 93.4 Å². The van der Waals surface area contributed by atoms with Gasteiger partial charge in [0.05, 0.1) is 12.6 Å². The van der Waals surface area contributed by atoms with Crippen LogP contribution in [0.25, 0.3) is 0 Å². The average molecular weight is 225 g/mol. The summed E-state index contributed by atoms with van der Waals surface area (Å²) in [6.45, 7) is 6.32. The largest absolute Gasteiger partial charge is 0.352 e. The van der Waals surface area contributed by atoms with E-state index in [4.69, 9.17) is 0 Å². The number of nitrogens with one attached hydrogen (secondary N) is 2. The molecule has 1 amide bonds. The average Bonchev–Trinajstić information content (AvgIpc) is 2.76. The van der Waals surface area contributed by atoms with Crippen LogP contribution in [-0.2, 0) is 4.79 Å². The van der Waals surface area contributed by atoms with Crippen LogP contribution in [0.5, 0.6) is 0 Å². The van der Waals surface area contributed by atoms with Gasteiger partial charge in [0.2, 0.25) is 5.91 Å². The summed E-state index contributed by atoms with van der Waals surface area (Å²) in [4.78, 5) is 15.4. The first-order valence-electron chi connectivity index (χ1n) is 4.74. The summed E-state index contributed by atoms with van der Waals surface area (Å²) in [7, 11) is 0. The Bertz CT molecular complexity index is 310. The van der Waals surface area contributed by atoms with E-state index in [9.17, 15) is 4.79 Å². The molecule has 0 saturated carbocycles. The van der Waals surface area contributed by atoms with Gasteiger partial charge in [-0.15, -0.1) is 17.9 Å². The molecule has 0 saturated heterocycles. The molecular formula is C10H15N3OS. The highest BCUT2D eigenvalue weighted by molar-refractivity contribution is 7.09. The van der Waals surface area contributed by atoms with Crippen LogP contribution in [0.3, 0.4) is 0 Å². The highest BCUT2D eigenvalue weighted by Gasteiger charge is 2.08. The summed E-state index contributed by atoms with van der Waals surface area (Å²) in [5.74, 6) is -0.0293. The molecule has 1 heterocycles. The zero-order chi connectivity index (χ0) is 11.1. The maximum atomic E-state index is 11.2. The predicted molar refractivity (Wildman–Crippen MR) is 61.7 cm³/mol. The van der Waals surface area contributed by atoms with E-state index in [2.05, 4.69) is 22.2 Å². The van der Waals surface area contributed by atoms with E-state index in [0.717, 1.165) is 5.01 Å². The number of thiazole rings is 1. The molecular weight excluding hydrogens is 210 g/mol. The fourth-order valence-electron chi connectivity index (χ4n) is 1.03. The van der Waals surface area contributed by atoms with Gasteiger partial charge in [-0.3, -0.25) is 10.1 Å². The summed E-state index contributed by atoms with van der Waals surface area (Å²) in [5, 5.41) is 8.71.